The zero-order valence-corrected chi connectivity index (χ0v) is 12.5. The van der Waals surface area contributed by atoms with Crippen molar-refractivity contribution >= 4 is 22.6 Å². The SMILES string of the molecule is CCOCC(=O)N[C@@H](Cc1cccc2ccccc12)C(N)=O. The fourth-order valence-corrected chi connectivity index (χ4v) is 2.34. The van der Waals surface area contributed by atoms with Crippen molar-refractivity contribution in [1.82, 2.24) is 5.32 Å². The van der Waals surface area contributed by atoms with E-state index in [1.165, 1.54) is 0 Å². The number of carbonyl (C=O) groups excluding carboxylic acids is 2. The molecule has 2 amide bonds. The van der Waals surface area contributed by atoms with Crippen LogP contribution in [0.2, 0.25) is 0 Å². The molecule has 5 nitrogen and oxygen atoms in total. The Labute approximate surface area is 129 Å². The van der Waals surface area contributed by atoms with E-state index in [4.69, 9.17) is 10.5 Å². The largest absolute Gasteiger partial charge is 0.372 e. The molecule has 2 rings (SSSR count). The normalized spacial score (nSPS) is 12.0. The van der Waals surface area contributed by atoms with E-state index < -0.39 is 11.9 Å². The minimum atomic E-state index is -0.751. The molecule has 3 N–H and O–H groups in total. The highest BCUT2D eigenvalue weighted by molar-refractivity contribution is 5.89. The zero-order chi connectivity index (χ0) is 15.9. The molecule has 0 spiro atoms. The van der Waals surface area contributed by atoms with Crippen LogP contribution in [0.4, 0.5) is 0 Å². The molecule has 116 valence electrons. The Morgan fingerprint density at radius 1 is 1.18 bits per heavy atom. The van der Waals surface area contributed by atoms with Gasteiger partial charge in [0.1, 0.15) is 12.6 Å². The molecule has 0 aliphatic heterocycles. The van der Waals surface area contributed by atoms with Gasteiger partial charge in [0, 0.05) is 13.0 Å². The molecule has 0 aromatic heterocycles. The lowest BCUT2D eigenvalue weighted by atomic mass is 9.98. The summed E-state index contributed by atoms with van der Waals surface area (Å²) in [6.45, 7) is 2.17. The van der Waals surface area contributed by atoms with Gasteiger partial charge < -0.3 is 15.8 Å². The number of nitrogens with two attached hydrogens (primary N) is 1. The molecule has 2 aromatic rings. The van der Waals surface area contributed by atoms with Crippen LogP contribution in [0, 0.1) is 0 Å². The number of amides is 2. The van der Waals surface area contributed by atoms with Crippen LogP contribution in [0.5, 0.6) is 0 Å². The maximum absolute atomic E-state index is 11.7. The van der Waals surface area contributed by atoms with Gasteiger partial charge in [0.25, 0.3) is 0 Å². The number of rotatable bonds is 7. The number of fused-ring (bicyclic) bond motifs is 1. The van der Waals surface area contributed by atoms with Crippen molar-refractivity contribution in [2.75, 3.05) is 13.2 Å². The first-order chi connectivity index (χ1) is 10.6. The molecule has 5 heteroatoms. The van der Waals surface area contributed by atoms with Crippen LogP contribution in [0.15, 0.2) is 42.5 Å². The topological polar surface area (TPSA) is 81.4 Å². The van der Waals surface area contributed by atoms with Crippen molar-refractivity contribution in [2.45, 2.75) is 19.4 Å². The van der Waals surface area contributed by atoms with Gasteiger partial charge in [0.15, 0.2) is 0 Å². The van der Waals surface area contributed by atoms with Gasteiger partial charge in [-0.15, -0.1) is 0 Å². The second-order valence-corrected chi connectivity index (χ2v) is 5.00. The molecule has 0 aliphatic rings. The van der Waals surface area contributed by atoms with Crippen molar-refractivity contribution in [1.29, 1.82) is 0 Å². The monoisotopic (exact) mass is 300 g/mol. The molecule has 0 aliphatic carbocycles. The highest BCUT2D eigenvalue weighted by Crippen LogP contribution is 2.19. The zero-order valence-electron chi connectivity index (χ0n) is 12.5. The van der Waals surface area contributed by atoms with Crippen LogP contribution >= 0.6 is 0 Å². The third kappa shape index (κ3) is 4.05. The van der Waals surface area contributed by atoms with Gasteiger partial charge in [0.2, 0.25) is 11.8 Å². The van der Waals surface area contributed by atoms with Gasteiger partial charge in [-0.25, -0.2) is 0 Å². The standard InChI is InChI=1S/C17H20N2O3/c1-2-22-11-16(20)19-15(17(18)21)10-13-8-5-7-12-6-3-4-9-14(12)13/h3-9,15H,2,10-11H2,1H3,(H2,18,21)(H,19,20)/t15-/m0/s1. The summed E-state index contributed by atoms with van der Waals surface area (Å²) in [6, 6.07) is 13.0. The Balaban J connectivity index is 2.16. The molecule has 0 radical (unpaired) electrons. The van der Waals surface area contributed by atoms with Crippen LogP contribution in [-0.4, -0.2) is 31.1 Å². The fourth-order valence-electron chi connectivity index (χ4n) is 2.34. The van der Waals surface area contributed by atoms with Crippen LogP contribution in [0.3, 0.4) is 0 Å². The van der Waals surface area contributed by atoms with E-state index in [0.29, 0.717) is 13.0 Å². The summed E-state index contributed by atoms with van der Waals surface area (Å²) < 4.78 is 5.03. The number of hydrogen-bond acceptors (Lipinski definition) is 3. The quantitative estimate of drug-likeness (QED) is 0.810. The summed E-state index contributed by atoms with van der Waals surface area (Å²) in [4.78, 5) is 23.3. The molecule has 0 unspecified atom stereocenters. The molecular formula is C17H20N2O3. The summed E-state index contributed by atoms with van der Waals surface area (Å²) in [6.07, 6.45) is 0.356. The Kier molecular flexibility index (Phi) is 5.49. The van der Waals surface area contributed by atoms with Gasteiger partial charge in [-0.1, -0.05) is 42.5 Å². The number of carbonyl (C=O) groups is 2. The van der Waals surface area contributed by atoms with Crippen molar-refractivity contribution in [3.8, 4) is 0 Å². The Bertz CT molecular complexity index is 665. The second kappa shape index (κ2) is 7.56. The minimum absolute atomic E-state index is 0.0736. The van der Waals surface area contributed by atoms with Gasteiger partial charge in [-0.2, -0.15) is 0 Å². The van der Waals surface area contributed by atoms with E-state index >= 15 is 0 Å². The van der Waals surface area contributed by atoms with Crippen LogP contribution < -0.4 is 11.1 Å². The molecule has 0 heterocycles. The van der Waals surface area contributed by atoms with Gasteiger partial charge >= 0.3 is 0 Å². The highest BCUT2D eigenvalue weighted by atomic mass is 16.5. The summed E-state index contributed by atoms with van der Waals surface area (Å²) in [5.41, 5.74) is 6.38. The highest BCUT2D eigenvalue weighted by Gasteiger charge is 2.19. The Morgan fingerprint density at radius 3 is 2.64 bits per heavy atom. The average molecular weight is 300 g/mol. The minimum Gasteiger partial charge on any atom is -0.372 e. The number of benzene rings is 2. The van der Waals surface area contributed by atoms with Crippen molar-refractivity contribution in [3.63, 3.8) is 0 Å². The number of ether oxygens (including phenoxy) is 1. The molecule has 2 aromatic carbocycles. The van der Waals surface area contributed by atoms with E-state index in [0.717, 1.165) is 16.3 Å². The maximum Gasteiger partial charge on any atom is 0.246 e. The number of hydrogen-bond donors (Lipinski definition) is 2. The summed E-state index contributed by atoms with van der Waals surface area (Å²) >= 11 is 0. The fraction of sp³-hybridized carbons (Fsp3) is 0.294. The average Bonchev–Trinajstić information content (AvgIpc) is 2.52. The molecule has 0 bridgehead atoms. The van der Waals surface area contributed by atoms with Gasteiger partial charge in [-0.05, 0) is 23.3 Å². The molecular weight excluding hydrogens is 280 g/mol. The Hall–Kier alpha value is -2.40. The summed E-state index contributed by atoms with van der Waals surface area (Å²) in [7, 11) is 0. The van der Waals surface area contributed by atoms with E-state index in [9.17, 15) is 9.59 Å². The molecule has 1 atom stereocenters. The van der Waals surface area contributed by atoms with E-state index in [1.807, 2.05) is 42.5 Å². The first kappa shape index (κ1) is 16.0. The number of nitrogens with one attached hydrogen (secondary N) is 1. The lowest BCUT2D eigenvalue weighted by molar-refractivity contribution is -0.130. The van der Waals surface area contributed by atoms with Crippen molar-refractivity contribution in [3.05, 3.63) is 48.0 Å². The molecule has 22 heavy (non-hydrogen) atoms. The van der Waals surface area contributed by atoms with Gasteiger partial charge in [0.05, 0.1) is 0 Å². The number of primary amides is 1. The lowest BCUT2D eigenvalue weighted by Gasteiger charge is -2.16. The van der Waals surface area contributed by atoms with E-state index in [1.54, 1.807) is 6.92 Å². The second-order valence-electron chi connectivity index (χ2n) is 5.00. The maximum atomic E-state index is 11.7. The summed E-state index contributed by atoms with van der Waals surface area (Å²) in [5.74, 6) is -0.899. The van der Waals surface area contributed by atoms with E-state index in [-0.39, 0.29) is 12.5 Å². The smallest absolute Gasteiger partial charge is 0.246 e. The third-order valence-corrected chi connectivity index (χ3v) is 3.42. The molecule has 0 saturated heterocycles. The lowest BCUT2D eigenvalue weighted by Crippen LogP contribution is -2.47. The van der Waals surface area contributed by atoms with E-state index in [2.05, 4.69) is 5.32 Å². The van der Waals surface area contributed by atoms with Gasteiger partial charge in [-0.3, -0.25) is 9.59 Å². The van der Waals surface area contributed by atoms with Crippen molar-refractivity contribution in [2.24, 2.45) is 5.73 Å². The predicted molar refractivity (Wildman–Crippen MR) is 85.3 cm³/mol. The first-order valence-electron chi connectivity index (χ1n) is 7.25. The molecule has 0 saturated carbocycles. The molecule has 0 fully saturated rings. The third-order valence-electron chi connectivity index (χ3n) is 3.42. The van der Waals surface area contributed by atoms with Crippen LogP contribution in [0.25, 0.3) is 10.8 Å². The Morgan fingerprint density at radius 2 is 1.91 bits per heavy atom. The predicted octanol–water partition coefficient (Wildman–Crippen LogP) is 1.39. The van der Waals surface area contributed by atoms with Crippen molar-refractivity contribution < 1.29 is 14.3 Å². The van der Waals surface area contributed by atoms with Crippen LogP contribution in [0.1, 0.15) is 12.5 Å². The van der Waals surface area contributed by atoms with Crippen LogP contribution in [-0.2, 0) is 20.7 Å². The summed E-state index contributed by atoms with van der Waals surface area (Å²) in [5, 5.41) is 4.76. The first-order valence-corrected chi connectivity index (χ1v) is 7.25.